The second kappa shape index (κ2) is 5.48. The lowest BCUT2D eigenvalue weighted by Gasteiger charge is -2.09. The number of rotatable bonds is 4. The average molecular weight is 367 g/mol. The normalized spacial score (nSPS) is 11.5. The number of aromatic nitrogens is 3. The molecule has 9 heteroatoms. The molecule has 0 aliphatic carbocycles. The summed E-state index contributed by atoms with van der Waals surface area (Å²) in [5.74, 6) is 0.738. The molecule has 0 spiro atoms. The number of aryl methyl sites for hydroxylation is 1. The molecule has 0 atom stereocenters. The molecule has 1 aromatic heterocycles. The molecule has 0 radical (unpaired) electrons. The Kier molecular flexibility index (Phi) is 4.12. The molecule has 102 valence electrons. The van der Waals surface area contributed by atoms with Crippen molar-refractivity contribution in [1.29, 1.82) is 0 Å². The summed E-state index contributed by atoms with van der Waals surface area (Å²) in [6.45, 7) is 0.0948. The highest BCUT2D eigenvalue weighted by atomic mass is 79.9. The van der Waals surface area contributed by atoms with Crippen LogP contribution in [0.25, 0.3) is 0 Å². The van der Waals surface area contributed by atoms with Gasteiger partial charge in [0.2, 0.25) is 0 Å². The van der Waals surface area contributed by atoms with Gasteiger partial charge in [-0.1, -0.05) is 15.9 Å². The van der Waals surface area contributed by atoms with Gasteiger partial charge in [-0.15, -0.1) is 0 Å². The second-order valence-corrected chi connectivity index (χ2v) is 7.07. The molecule has 1 heterocycles. The Labute approximate surface area is 122 Å². The molecule has 19 heavy (non-hydrogen) atoms. The van der Waals surface area contributed by atoms with E-state index in [0.29, 0.717) is 10.3 Å². The molecule has 0 aliphatic heterocycles. The van der Waals surface area contributed by atoms with Crippen molar-refractivity contribution >= 4 is 35.7 Å². The quantitative estimate of drug-likeness (QED) is 0.775. The Morgan fingerprint density at radius 1 is 1.47 bits per heavy atom. The first-order valence-electron chi connectivity index (χ1n) is 5.08. The van der Waals surface area contributed by atoms with Gasteiger partial charge in [-0.3, -0.25) is 4.68 Å². The lowest BCUT2D eigenvalue weighted by Crippen LogP contribution is -2.06. The SMILES string of the molecule is Cn1ncnc1COc1ccc(Br)cc1S(=O)(=O)Cl. The van der Waals surface area contributed by atoms with E-state index in [-0.39, 0.29) is 17.3 Å². The van der Waals surface area contributed by atoms with Crippen molar-refractivity contribution in [2.45, 2.75) is 11.5 Å². The Bertz CT molecular complexity index is 702. The third-order valence-electron chi connectivity index (χ3n) is 2.33. The Hall–Kier alpha value is -1.12. The first kappa shape index (κ1) is 14.3. The van der Waals surface area contributed by atoms with Crippen LogP contribution in [0.15, 0.2) is 33.9 Å². The molecule has 1 aromatic carbocycles. The standard InChI is InChI=1S/C10H9BrClN3O3S/c1-15-10(13-6-14-15)5-18-8-3-2-7(11)4-9(8)19(12,16)17/h2-4,6H,5H2,1H3. The average Bonchev–Trinajstić information content (AvgIpc) is 2.72. The summed E-state index contributed by atoms with van der Waals surface area (Å²) < 4.78 is 30.5. The number of hydrogen-bond acceptors (Lipinski definition) is 5. The van der Waals surface area contributed by atoms with E-state index in [0.717, 1.165) is 0 Å². The monoisotopic (exact) mass is 365 g/mol. The summed E-state index contributed by atoms with van der Waals surface area (Å²) in [6.07, 6.45) is 1.39. The van der Waals surface area contributed by atoms with Crippen LogP contribution in [0.2, 0.25) is 0 Å². The molecule has 2 rings (SSSR count). The van der Waals surface area contributed by atoms with Crippen LogP contribution in [0.5, 0.6) is 5.75 Å². The van der Waals surface area contributed by atoms with E-state index >= 15 is 0 Å². The summed E-state index contributed by atoms with van der Waals surface area (Å²) >= 11 is 3.19. The van der Waals surface area contributed by atoms with Gasteiger partial charge in [-0.25, -0.2) is 13.4 Å². The van der Waals surface area contributed by atoms with E-state index in [9.17, 15) is 8.42 Å². The maximum Gasteiger partial charge on any atom is 0.265 e. The van der Waals surface area contributed by atoms with Gasteiger partial charge in [0.1, 0.15) is 23.6 Å². The number of hydrogen-bond donors (Lipinski definition) is 0. The smallest absolute Gasteiger partial charge is 0.265 e. The van der Waals surface area contributed by atoms with Crippen LogP contribution in [0.4, 0.5) is 0 Å². The number of benzene rings is 1. The van der Waals surface area contributed by atoms with Gasteiger partial charge >= 0.3 is 0 Å². The van der Waals surface area contributed by atoms with Crippen molar-refractivity contribution in [2.75, 3.05) is 0 Å². The van der Waals surface area contributed by atoms with Crippen LogP contribution < -0.4 is 4.74 Å². The molecule has 6 nitrogen and oxygen atoms in total. The van der Waals surface area contributed by atoms with E-state index < -0.39 is 9.05 Å². The molecule has 0 aliphatic rings. The molecule has 0 bridgehead atoms. The van der Waals surface area contributed by atoms with E-state index in [1.807, 2.05) is 0 Å². The highest BCUT2D eigenvalue weighted by molar-refractivity contribution is 9.10. The summed E-state index contributed by atoms with van der Waals surface area (Å²) in [6, 6.07) is 4.57. The fraction of sp³-hybridized carbons (Fsp3) is 0.200. The van der Waals surface area contributed by atoms with Crippen LogP contribution in [0.3, 0.4) is 0 Å². The topological polar surface area (TPSA) is 74.1 Å². The first-order chi connectivity index (χ1) is 8.88. The van der Waals surface area contributed by atoms with Gasteiger partial charge in [-0.2, -0.15) is 5.10 Å². The highest BCUT2D eigenvalue weighted by Gasteiger charge is 2.18. The van der Waals surface area contributed by atoms with Gasteiger partial charge in [0, 0.05) is 22.2 Å². The van der Waals surface area contributed by atoms with Crippen molar-refractivity contribution < 1.29 is 13.2 Å². The lowest BCUT2D eigenvalue weighted by atomic mass is 10.3. The highest BCUT2D eigenvalue weighted by Crippen LogP contribution is 2.30. The maximum absolute atomic E-state index is 11.5. The number of ether oxygens (including phenoxy) is 1. The minimum Gasteiger partial charge on any atom is -0.484 e. The van der Waals surface area contributed by atoms with Crippen LogP contribution in [-0.2, 0) is 22.7 Å². The van der Waals surface area contributed by atoms with Crippen LogP contribution in [-0.4, -0.2) is 23.2 Å². The zero-order valence-corrected chi connectivity index (χ0v) is 12.9. The van der Waals surface area contributed by atoms with Gasteiger partial charge < -0.3 is 4.74 Å². The van der Waals surface area contributed by atoms with Crippen LogP contribution in [0, 0.1) is 0 Å². The third-order valence-corrected chi connectivity index (χ3v) is 4.17. The Morgan fingerprint density at radius 2 is 2.21 bits per heavy atom. The number of nitrogens with zero attached hydrogens (tertiary/aromatic N) is 3. The molecular formula is C10H9BrClN3O3S. The molecule has 0 N–H and O–H groups in total. The Balaban J connectivity index is 2.28. The zero-order valence-electron chi connectivity index (χ0n) is 9.75. The van der Waals surface area contributed by atoms with E-state index in [4.69, 9.17) is 15.4 Å². The van der Waals surface area contributed by atoms with Crippen molar-refractivity contribution in [3.8, 4) is 5.75 Å². The minimum absolute atomic E-state index is 0.0919. The van der Waals surface area contributed by atoms with Gasteiger partial charge in [0.25, 0.3) is 9.05 Å². The molecule has 0 saturated heterocycles. The predicted molar refractivity (Wildman–Crippen MR) is 72.5 cm³/mol. The first-order valence-corrected chi connectivity index (χ1v) is 8.18. The van der Waals surface area contributed by atoms with E-state index in [1.54, 1.807) is 13.1 Å². The second-order valence-electron chi connectivity index (χ2n) is 3.62. The van der Waals surface area contributed by atoms with E-state index in [2.05, 4.69) is 26.0 Å². The van der Waals surface area contributed by atoms with E-state index in [1.165, 1.54) is 23.1 Å². The molecule has 2 aromatic rings. The molecule has 0 amide bonds. The fourth-order valence-electron chi connectivity index (χ4n) is 1.38. The largest absolute Gasteiger partial charge is 0.484 e. The maximum atomic E-state index is 11.5. The molecular weight excluding hydrogens is 358 g/mol. The van der Waals surface area contributed by atoms with Crippen molar-refractivity contribution in [2.24, 2.45) is 7.05 Å². The molecule has 0 unspecified atom stereocenters. The lowest BCUT2D eigenvalue weighted by molar-refractivity contribution is 0.282. The zero-order chi connectivity index (χ0) is 14.0. The van der Waals surface area contributed by atoms with Crippen molar-refractivity contribution in [3.05, 3.63) is 34.8 Å². The fourth-order valence-corrected chi connectivity index (χ4v) is 2.89. The summed E-state index contributed by atoms with van der Waals surface area (Å²) in [4.78, 5) is 3.88. The van der Waals surface area contributed by atoms with Gasteiger partial charge in [0.15, 0.2) is 5.82 Å². The minimum atomic E-state index is -3.88. The summed E-state index contributed by atoms with van der Waals surface area (Å²) in [5.41, 5.74) is 0. The van der Waals surface area contributed by atoms with Crippen molar-refractivity contribution in [3.63, 3.8) is 0 Å². The molecule has 0 saturated carbocycles. The van der Waals surface area contributed by atoms with Gasteiger partial charge in [-0.05, 0) is 18.2 Å². The van der Waals surface area contributed by atoms with Gasteiger partial charge in [0.05, 0.1) is 0 Å². The van der Waals surface area contributed by atoms with Crippen LogP contribution >= 0.6 is 26.6 Å². The summed E-state index contributed by atoms with van der Waals surface area (Å²) in [7, 11) is 3.20. The number of halogens is 2. The van der Waals surface area contributed by atoms with Crippen LogP contribution in [0.1, 0.15) is 5.82 Å². The summed E-state index contributed by atoms with van der Waals surface area (Å²) in [5, 5.41) is 3.89. The Morgan fingerprint density at radius 3 is 2.79 bits per heavy atom. The van der Waals surface area contributed by atoms with Crippen molar-refractivity contribution in [1.82, 2.24) is 14.8 Å². The molecule has 0 fully saturated rings. The third kappa shape index (κ3) is 3.46. The predicted octanol–water partition coefficient (Wildman–Crippen LogP) is 2.08.